The van der Waals surface area contributed by atoms with E-state index in [1.165, 1.54) is 0 Å². The molecule has 0 unspecified atom stereocenters. The molecule has 140 valence electrons. The van der Waals surface area contributed by atoms with Crippen molar-refractivity contribution in [2.75, 3.05) is 28.5 Å². The maximum atomic E-state index is 12.8. The van der Waals surface area contributed by atoms with E-state index in [0.717, 1.165) is 12.8 Å². The molecule has 2 rings (SSSR count). The molecule has 0 spiro atoms. The number of amides is 1. The molecule has 0 aliphatic carbocycles. The topological polar surface area (TPSA) is 75.7 Å². The van der Waals surface area contributed by atoms with Gasteiger partial charge in [-0.15, -0.1) is 0 Å². The second-order valence-electron chi connectivity index (χ2n) is 7.09. The van der Waals surface area contributed by atoms with Crippen molar-refractivity contribution >= 4 is 27.3 Å². The molecule has 1 N–H and O–H groups in total. The van der Waals surface area contributed by atoms with Gasteiger partial charge in [0.2, 0.25) is 15.9 Å². The summed E-state index contributed by atoms with van der Waals surface area (Å²) in [6, 6.07) is 5.10. The zero-order valence-corrected chi connectivity index (χ0v) is 16.3. The maximum Gasteiger partial charge on any atom is 0.236 e. The summed E-state index contributed by atoms with van der Waals surface area (Å²) < 4.78 is 32.6. The van der Waals surface area contributed by atoms with Crippen LogP contribution in [0.2, 0.25) is 0 Å². The highest BCUT2D eigenvalue weighted by molar-refractivity contribution is 7.92. The third kappa shape index (κ3) is 4.66. The lowest BCUT2D eigenvalue weighted by Gasteiger charge is -2.27. The van der Waals surface area contributed by atoms with Crippen molar-refractivity contribution < 1.29 is 17.9 Å². The van der Waals surface area contributed by atoms with Crippen LogP contribution in [0.4, 0.5) is 11.4 Å². The number of ether oxygens (including phenoxy) is 1. The quantitative estimate of drug-likeness (QED) is 0.800. The summed E-state index contributed by atoms with van der Waals surface area (Å²) in [7, 11) is -3.38. The van der Waals surface area contributed by atoms with Crippen LogP contribution in [-0.2, 0) is 14.8 Å². The first-order valence-electron chi connectivity index (χ1n) is 8.79. The fourth-order valence-electron chi connectivity index (χ4n) is 2.72. The number of rotatable bonds is 7. The molecular weight excluding hydrogens is 340 g/mol. The van der Waals surface area contributed by atoms with Crippen molar-refractivity contribution in [3.63, 3.8) is 0 Å². The molecule has 1 aliphatic rings. The van der Waals surface area contributed by atoms with E-state index >= 15 is 0 Å². The van der Waals surface area contributed by atoms with Crippen LogP contribution < -0.4 is 14.4 Å². The molecule has 1 aromatic rings. The van der Waals surface area contributed by atoms with Crippen LogP contribution in [0.15, 0.2) is 18.2 Å². The Morgan fingerprint density at radius 3 is 2.60 bits per heavy atom. The molecule has 1 aliphatic heterocycles. The van der Waals surface area contributed by atoms with Gasteiger partial charge in [-0.1, -0.05) is 20.3 Å². The van der Waals surface area contributed by atoms with Crippen molar-refractivity contribution in [1.82, 2.24) is 0 Å². The van der Waals surface area contributed by atoms with Crippen LogP contribution in [-0.4, -0.2) is 33.2 Å². The smallest absolute Gasteiger partial charge is 0.236 e. The van der Waals surface area contributed by atoms with E-state index in [1.54, 1.807) is 23.1 Å². The highest BCUT2D eigenvalue weighted by Gasteiger charge is 2.37. The molecule has 6 nitrogen and oxygen atoms in total. The summed E-state index contributed by atoms with van der Waals surface area (Å²) in [6.45, 7) is 8.54. The monoisotopic (exact) mass is 368 g/mol. The third-order valence-corrected chi connectivity index (χ3v) is 5.52. The normalized spacial score (nSPS) is 16.8. The molecule has 0 saturated carbocycles. The van der Waals surface area contributed by atoms with Crippen LogP contribution >= 0.6 is 0 Å². The first kappa shape index (κ1) is 19.6. The molecule has 7 heteroatoms. The first-order valence-corrected chi connectivity index (χ1v) is 10.4. The minimum atomic E-state index is -3.38. The van der Waals surface area contributed by atoms with Crippen molar-refractivity contribution in [3.05, 3.63) is 18.2 Å². The van der Waals surface area contributed by atoms with Gasteiger partial charge < -0.3 is 9.64 Å². The molecule has 1 heterocycles. The van der Waals surface area contributed by atoms with Gasteiger partial charge in [0.25, 0.3) is 0 Å². The standard InChI is InChI=1S/C18H28N2O4S/c1-5-7-11-25(22,23)19-14-8-9-15-16(12-14)24-13-18(3,4)17(21)20(15)10-6-2/h8-9,12,19H,5-7,10-11,13H2,1-4H3. The molecule has 0 atom stereocenters. The molecule has 1 amide bonds. The van der Waals surface area contributed by atoms with Crippen molar-refractivity contribution in [2.24, 2.45) is 5.41 Å². The lowest BCUT2D eigenvalue weighted by molar-refractivity contribution is -0.127. The van der Waals surface area contributed by atoms with Gasteiger partial charge in [0, 0.05) is 12.6 Å². The van der Waals surface area contributed by atoms with Gasteiger partial charge in [0.15, 0.2) is 0 Å². The largest absolute Gasteiger partial charge is 0.490 e. The van der Waals surface area contributed by atoms with Gasteiger partial charge >= 0.3 is 0 Å². The van der Waals surface area contributed by atoms with E-state index in [-0.39, 0.29) is 18.3 Å². The van der Waals surface area contributed by atoms with Crippen LogP contribution in [0, 0.1) is 5.41 Å². The molecule has 0 saturated heterocycles. The predicted octanol–water partition coefficient (Wildman–Crippen LogP) is 3.39. The van der Waals surface area contributed by atoms with Crippen molar-refractivity contribution in [3.8, 4) is 5.75 Å². The number of nitrogens with zero attached hydrogens (tertiary/aromatic N) is 1. The van der Waals surface area contributed by atoms with E-state index in [0.29, 0.717) is 30.1 Å². The van der Waals surface area contributed by atoms with Crippen molar-refractivity contribution in [1.29, 1.82) is 0 Å². The summed E-state index contributed by atoms with van der Waals surface area (Å²) in [5, 5.41) is 0. The Kier molecular flexibility index (Phi) is 5.98. The van der Waals surface area contributed by atoms with E-state index < -0.39 is 15.4 Å². The highest BCUT2D eigenvalue weighted by Crippen LogP contribution is 2.38. The van der Waals surface area contributed by atoms with Crippen LogP contribution in [0.25, 0.3) is 0 Å². The molecular formula is C18H28N2O4S. The Morgan fingerprint density at radius 2 is 1.96 bits per heavy atom. The summed E-state index contributed by atoms with van der Waals surface area (Å²) in [5.74, 6) is 0.641. The third-order valence-electron chi connectivity index (χ3n) is 4.15. The number of fused-ring (bicyclic) bond motifs is 1. The number of benzene rings is 1. The van der Waals surface area contributed by atoms with E-state index in [9.17, 15) is 13.2 Å². The zero-order chi connectivity index (χ0) is 18.7. The molecule has 1 aromatic carbocycles. The number of hydrogen-bond donors (Lipinski definition) is 1. The Bertz CT molecular complexity index is 729. The number of carbonyl (C=O) groups excluding carboxylic acids is 1. The predicted molar refractivity (Wildman–Crippen MR) is 101 cm³/mol. The average Bonchev–Trinajstić information content (AvgIpc) is 2.63. The van der Waals surface area contributed by atoms with Gasteiger partial charge in [0.05, 0.1) is 22.5 Å². The zero-order valence-electron chi connectivity index (χ0n) is 15.5. The number of anilines is 2. The number of unbranched alkanes of at least 4 members (excludes halogenated alkanes) is 1. The van der Waals surface area contributed by atoms with Crippen LogP contribution in [0.1, 0.15) is 47.0 Å². The average molecular weight is 368 g/mol. The summed E-state index contributed by atoms with van der Waals surface area (Å²) in [6.07, 6.45) is 2.26. The second kappa shape index (κ2) is 7.64. The van der Waals surface area contributed by atoms with E-state index in [2.05, 4.69) is 4.72 Å². The highest BCUT2D eigenvalue weighted by atomic mass is 32.2. The fourth-order valence-corrected chi connectivity index (χ4v) is 3.98. The molecule has 25 heavy (non-hydrogen) atoms. The Hall–Kier alpha value is -1.76. The van der Waals surface area contributed by atoms with Gasteiger partial charge in [-0.3, -0.25) is 9.52 Å². The SMILES string of the molecule is CCCCS(=O)(=O)Nc1ccc2c(c1)OCC(C)(C)C(=O)N2CCC. The number of sulfonamides is 1. The van der Waals surface area contributed by atoms with Gasteiger partial charge in [0.1, 0.15) is 12.4 Å². The maximum absolute atomic E-state index is 12.8. The first-order chi connectivity index (χ1) is 11.7. The molecule has 0 aromatic heterocycles. The Labute approximate surface area is 150 Å². The molecule has 0 bridgehead atoms. The summed E-state index contributed by atoms with van der Waals surface area (Å²) in [5.41, 5.74) is 0.516. The number of nitrogens with one attached hydrogen (secondary N) is 1. The van der Waals surface area contributed by atoms with E-state index in [1.807, 2.05) is 27.7 Å². The second-order valence-corrected chi connectivity index (χ2v) is 8.93. The number of carbonyl (C=O) groups is 1. The molecule has 0 radical (unpaired) electrons. The minimum Gasteiger partial charge on any atom is -0.490 e. The summed E-state index contributed by atoms with van der Waals surface area (Å²) >= 11 is 0. The lowest BCUT2D eigenvalue weighted by atomic mass is 9.93. The van der Waals surface area contributed by atoms with Crippen LogP contribution in [0.3, 0.4) is 0 Å². The lowest BCUT2D eigenvalue weighted by Crippen LogP contribution is -2.42. The Balaban J connectivity index is 2.33. The fraction of sp³-hybridized carbons (Fsp3) is 0.611. The number of hydrogen-bond acceptors (Lipinski definition) is 4. The van der Waals surface area contributed by atoms with Gasteiger partial charge in [-0.25, -0.2) is 8.42 Å². The van der Waals surface area contributed by atoms with Gasteiger partial charge in [-0.05, 0) is 38.8 Å². The van der Waals surface area contributed by atoms with Crippen molar-refractivity contribution in [2.45, 2.75) is 47.0 Å². The molecule has 0 fully saturated rings. The Morgan fingerprint density at radius 1 is 1.24 bits per heavy atom. The summed E-state index contributed by atoms with van der Waals surface area (Å²) in [4.78, 5) is 14.5. The van der Waals surface area contributed by atoms with Crippen LogP contribution in [0.5, 0.6) is 5.75 Å². The van der Waals surface area contributed by atoms with Gasteiger partial charge in [-0.2, -0.15) is 0 Å². The minimum absolute atomic E-state index is 0.0179. The van der Waals surface area contributed by atoms with E-state index in [4.69, 9.17) is 4.74 Å².